The number of halogens is 2. The van der Waals surface area contributed by atoms with E-state index in [-0.39, 0.29) is 31.0 Å². The number of carbonyl (C=O) groups is 1. The van der Waals surface area contributed by atoms with Crippen LogP contribution in [0.1, 0.15) is 46.5 Å². The zero-order chi connectivity index (χ0) is 15.0. The van der Waals surface area contributed by atoms with Crippen LogP contribution in [-0.4, -0.2) is 47.7 Å². The summed E-state index contributed by atoms with van der Waals surface area (Å²) in [6.07, 6.45) is 1.19. The fourth-order valence-electron chi connectivity index (χ4n) is 2.67. The largest absolute Gasteiger partial charge is 0.444 e. The molecule has 1 amide bonds. The van der Waals surface area contributed by atoms with Crippen LogP contribution in [0.25, 0.3) is 0 Å². The summed E-state index contributed by atoms with van der Waals surface area (Å²) in [5.74, 6) is -2.48. The van der Waals surface area contributed by atoms with Gasteiger partial charge in [0.2, 0.25) is 0 Å². The van der Waals surface area contributed by atoms with Gasteiger partial charge in [-0.25, -0.2) is 13.6 Å². The maximum absolute atomic E-state index is 12.8. The molecule has 1 aliphatic carbocycles. The minimum absolute atomic E-state index is 0.0563. The topological polar surface area (TPSA) is 41.6 Å². The van der Waals surface area contributed by atoms with Gasteiger partial charge in [0.05, 0.1) is 0 Å². The van der Waals surface area contributed by atoms with Crippen LogP contribution in [0.4, 0.5) is 13.6 Å². The second kappa shape index (κ2) is 5.47. The Kier molecular flexibility index (Phi) is 4.23. The van der Waals surface area contributed by atoms with Gasteiger partial charge in [0, 0.05) is 38.0 Å². The second-order valence-corrected chi connectivity index (χ2v) is 6.87. The van der Waals surface area contributed by atoms with E-state index in [0.717, 1.165) is 12.8 Å². The Labute approximate surface area is 118 Å². The van der Waals surface area contributed by atoms with Gasteiger partial charge in [0.25, 0.3) is 5.92 Å². The molecule has 0 radical (unpaired) electrons. The van der Waals surface area contributed by atoms with Crippen molar-refractivity contribution in [2.45, 2.75) is 70.1 Å². The van der Waals surface area contributed by atoms with E-state index in [1.54, 1.807) is 4.90 Å². The number of hydrogen-bond acceptors (Lipinski definition) is 3. The fraction of sp³-hybridized carbons (Fsp3) is 0.929. The molecule has 0 aromatic carbocycles. The minimum Gasteiger partial charge on any atom is -0.444 e. The summed E-state index contributed by atoms with van der Waals surface area (Å²) in [5.41, 5.74) is -0.482. The standard InChI is InChI=1S/C14H24F2N2O2/c1-13(2,3)20-12(19)18-6-4-10(5-7-18)17-11-8-14(15,16)9-11/h10-11,17H,4-9H2,1-3H3. The number of piperidine rings is 1. The number of hydrogen-bond donors (Lipinski definition) is 1. The summed E-state index contributed by atoms with van der Waals surface area (Å²) in [4.78, 5) is 13.6. The molecule has 0 unspecified atom stereocenters. The summed E-state index contributed by atoms with van der Waals surface area (Å²) in [6.45, 7) is 6.77. The molecule has 20 heavy (non-hydrogen) atoms. The van der Waals surface area contributed by atoms with Crippen LogP contribution >= 0.6 is 0 Å². The molecular weight excluding hydrogens is 266 g/mol. The van der Waals surface area contributed by atoms with Gasteiger partial charge in [-0.15, -0.1) is 0 Å². The first-order chi connectivity index (χ1) is 9.15. The number of nitrogens with zero attached hydrogens (tertiary/aromatic N) is 1. The molecule has 4 nitrogen and oxygen atoms in total. The Bertz CT molecular complexity index is 353. The summed E-state index contributed by atoms with van der Waals surface area (Å²) in [6, 6.07) is 0.165. The van der Waals surface area contributed by atoms with Gasteiger partial charge in [-0.1, -0.05) is 0 Å². The van der Waals surface area contributed by atoms with E-state index in [1.165, 1.54) is 0 Å². The number of ether oxygens (including phenoxy) is 1. The first kappa shape index (κ1) is 15.5. The van der Waals surface area contributed by atoms with Crippen LogP contribution in [0, 0.1) is 0 Å². The molecule has 1 saturated heterocycles. The number of amides is 1. The number of alkyl halides is 2. The second-order valence-electron chi connectivity index (χ2n) is 6.87. The Morgan fingerprint density at radius 1 is 1.20 bits per heavy atom. The first-order valence-corrected chi connectivity index (χ1v) is 7.26. The average Bonchev–Trinajstić information content (AvgIpc) is 2.25. The van der Waals surface area contributed by atoms with E-state index in [0.29, 0.717) is 13.1 Å². The molecule has 0 atom stereocenters. The zero-order valence-electron chi connectivity index (χ0n) is 12.4. The van der Waals surface area contributed by atoms with Crippen molar-refractivity contribution < 1.29 is 18.3 Å². The van der Waals surface area contributed by atoms with E-state index < -0.39 is 11.5 Å². The highest BCUT2D eigenvalue weighted by Crippen LogP contribution is 2.37. The monoisotopic (exact) mass is 290 g/mol. The third kappa shape index (κ3) is 4.30. The normalized spacial score (nSPS) is 24.4. The van der Waals surface area contributed by atoms with E-state index in [1.807, 2.05) is 20.8 Å². The van der Waals surface area contributed by atoms with Gasteiger partial charge >= 0.3 is 6.09 Å². The quantitative estimate of drug-likeness (QED) is 0.850. The highest BCUT2D eigenvalue weighted by Gasteiger charge is 2.45. The molecular formula is C14H24F2N2O2. The molecule has 116 valence electrons. The maximum atomic E-state index is 12.8. The fourth-order valence-corrected chi connectivity index (χ4v) is 2.67. The first-order valence-electron chi connectivity index (χ1n) is 7.26. The summed E-state index contributed by atoms with van der Waals surface area (Å²) >= 11 is 0. The minimum atomic E-state index is -2.48. The lowest BCUT2D eigenvalue weighted by atomic mass is 9.87. The lowest BCUT2D eigenvalue weighted by molar-refractivity contribution is -0.0957. The van der Waals surface area contributed by atoms with Crippen LogP contribution in [0.15, 0.2) is 0 Å². The summed E-state index contributed by atoms with van der Waals surface area (Å²) < 4.78 is 30.8. The van der Waals surface area contributed by atoms with Crippen molar-refractivity contribution in [3.8, 4) is 0 Å². The molecule has 2 rings (SSSR count). The van der Waals surface area contributed by atoms with Crippen molar-refractivity contribution in [1.29, 1.82) is 0 Å². The van der Waals surface area contributed by atoms with Crippen molar-refractivity contribution in [2.75, 3.05) is 13.1 Å². The summed E-state index contributed by atoms with van der Waals surface area (Å²) in [5, 5.41) is 3.26. The molecule has 2 aliphatic rings. The molecule has 1 saturated carbocycles. The molecule has 1 heterocycles. The van der Waals surface area contributed by atoms with Crippen molar-refractivity contribution in [2.24, 2.45) is 0 Å². The highest BCUT2D eigenvalue weighted by molar-refractivity contribution is 5.68. The average molecular weight is 290 g/mol. The van der Waals surface area contributed by atoms with Crippen molar-refractivity contribution >= 4 is 6.09 Å². The number of carbonyl (C=O) groups excluding carboxylic acids is 1. The van der Waals surface area contributed by atoms with Crippen molar-refractivity contribution in [3.63, 3.8) is 0 Å². The number of likely N-dealkylation sites (tertiary alicyclic amines) is 1. The van der Waals surface area contributed by atoms with Crippen LogP contribution < -0.4 is 5.32 Å². The highest BCUT2D eigenvalue weighted by atomic mass is 19.3. The van der Waals surface area contributed by atoms with Crippen molar-refractivity contribution in [3.05, 3.63) is 0 Å². The Hall–Kier alpha value is -0.910. The molecule has 1 N–H and O–H groups in total. The van der Waals surface area contributed by atoms with Gasteiger partial charge < -0.3 is 15.0 Å². The number of nitrogens with one attached hydrogen (secondary N) is 1. The SMILES string of the molecule is CC(C)(C)OC(=O)N1CCC(NC2CC(F)(F)C2)CC1. The predicted octanol–water partition coefficient (Wildman–Crippen LogP) is 2.77. The molecule has 6 heteroatoms. The predicted molar refractivity (Wildman–Crippen MR) is 71.9 cm³/mol. The third-order valence-electron chi connectivity index (χ3n) is 3.71. The van der Waals surface area contributed by atoms with E-state index in [2.05, 4.69) is 5.32 Å². The lowest BCUT2D eigenvalue weighted by Gasteiger charge is -2.40. The van der Waals surface area contributed by atoms with Gasteiger partial charge in [-0.2, -0.15) is 0 Å². The van der Waals surface area contributed by atoms with Crippen LogP contribution in [0.2, 0.25) is 0 Å². The summed E-state index contributed by atoms with van der Waals surface area (Å²) in [7, 11) is 0. The van der Waals surface area contributed by atoms with Gasteiger partial charge in [-0.3, -0.25) is 0 Å². The Morgan fingerprint density at radius 3 is 2.20 bits per heavy atom. The molecule has 0 spiro atoms. The van der Waals surface area contributed by atoms with E-state index in [9.17, 15) is 13.6 Å². The van der Waals surface area contributed by atoms with E-state index >= 15 is 0 Å². The van der Waals surface area contributed by atoms with E-state index in [4.69, 9.17) is 4.74 Å². The molecule has 0 bridgehead atoms. The maximum Gasteiger partial charge on any atom is 0.410 e. The van der Waals surface area contributed by atoms with Crippen LogP contribution in [0.3, 0.4) is 0 Å². The Balaban J connectivity index is 1.69. The van der Waals surface area contributed by atoms with Crippen LogP contribution in [0.5, 0.6) is 0 Å². The molecule has 1 aliphatic heterocycles. The van der Waals surface area contributed by atoms with Gasteiger partial charge in [-0.05, 0) is 33.6 Å². The van der Waals surface area contributed by atoms with Crippen LogP contribution in [-0.2, 0) is 4.74 Å². The molecule has 0 aromatic rings. The van der Waals surface area contributed by atoms with Crippen molar-refractivity contribution in [1.82, 2.24) is 10.2 Å². The third-order valence-corrected chi connectivity index (χ3v) is 3.71. The molecule has 0 aromatic heterocycles. The zero-order valence-corrected chi connectivity index (χ0v) is 12.4. The Morgan fingerprint density at radius 2 is 1.75 bits per heavy atom. The number of rotatable bonds is 2. The smallest absolute Gasteiger partial charge is 0.410 e. The van der Waals surface area contributed by atoms with Gasteiger partial charge in [0.15, 0.2) is 0 Å². The lowest BCUT2D eigenvalue weighted by Crippen LogP contribution is -2.54. The van der Waals surface area contributed by atoms with Gasteiger partial charge in [0.1, 0.15) is 5.60 Å². The molecule has 2 fully saturated rings.